The number of nitrogens with one attached hydrogen (secondary N) is 2. The Hall–Kier alpha value is -2.11. The summed E-state index contributed by atoms with van der Waals surface area (Å²) in [5.74, 6) is 0.717. The maximum Gasteiger partial charge on any atom is 0.214 e. The summed E-state index contributed by atoms with van der Waals surface area (Å²) in [5, 5.41) is 0. The quantitative estimate of drug-likeness (QED) is 0.563. The van der Waals surface area contributed by atoms with Crippen LogP contribution in [0.4, 0.5) is 0 Å². The summed E-state index contributed by atoms with van der Waals surface area (Å²) in [6.45, 7) is 0. The van der Waals surface area contributed by atoms with Gasteiger partial charge in [-0.3, -0.25) is 4.57 Å². The van der Waals surface area contributed by atoms with Crippen molar-refractivity contribution < 1.29 is 0 Å². The van der Waals surface area contributed by atoms with Gasteiger partial charge in [-0.05, 0) is 0 Å². The number of imidazole rings is 3. The number of aromatic amines is 2. The Bertz CT molecular complexity index is 516. The average molecular weight is 174 g/mol. The maximum atomic E-state index is 4.12. The largest absolute Gasteiger partial charge is 0.330 e. The molecule has 0 fully saturated rings. The van der Waals surface area contributed by atoms with E-state index >= 15 is 0 Å². The minimum atomic E-state index is 0.717. The zero-order valence-corrected chi connectivity index (χ0v) is 6.60. The van der Waals surface area contributed by atoms with Gasteiger partial charge < -0.3 is 9.97 Å². The highest BCUT2D eigenvalue weighted by atomic mass is 15.2. The van der Waals surface area contributed by atoms with Crippen molar-refractivity contribution in [2.45, 2.75) is 0 Å². The van der Waals surface area contributed by atoms with Crippen molar-refractivity contribution in [1.29, 1.82) is 0 Å². The van der Waals surface area contributed by atoms with E-state index < -0.39 is 0 Å². The van der Waals surface area contributed by atoms with Crippen LogP contribution in [-0.2, 0) is 0 Å². The van der Waals surface area contributed by atoms with Crippen LogP contribution in [0, 0.1) is 0 Å². The second-order valence-corrected chi connectivity index (χ2v) is 2.60. The first-order valence-electron chi connectivity index (χ1n) is 3.81. The van der Waals surface area contributed by atoms with Crippen LogP contribution < -0.4 is 0 Å². The zero-order valence-electron chi connectivity index (χ0n) is 6.60. The van der Waals surface area contributed by atoms with E-state index in [1.165, 1.54) is 0 Å². The van der Waals surface area contributed by atoms with E-state index in [1.54, 1.807) is 29.6 Å². The minimum Gasteiger partial charge on any atom is -0.330 e. The molecular weight excluding hydrogens is 168 g/mol. The summed E-state index contributed by atoms with van der Waals surface area (Å²) in [6, 6.07) is 0. The highest BCUT2D eigenvalue weighted by Crippen LogP contribution is 2.10. The first-order chi connectivity index (χ1) is 6.45. The number of nitrogens with zero attached hydrogens (tertiary/aromatic N) is 4. The smallest absolute Gasteiger partial charge is 0.214 e. The van der Waals surface area contributed by atoms with E-state index in [2.05, 4.69) is 24.9 Å². The van der Waals surface area contributed by atoms with E-state index in [0.29, 0.717) is 0 Å². The average Bonchev–Trinajstić information content (AvgIpc) is 2.79. The van der Waals surface area contributed by atoms with Crippen LogP contribution in [0.25, 0.3) is 17.2 Å². The van der Waals surface area contributed by atoms with Crippen molar-refractivity contribution in [3.8, 4) is 5.95 Å². The summed E-state index contributed by atoms with van der Waals surface area (Å²) in [7, 11) is 0. The molecule has 0 aromatic carbocycles. The number of aromatic nitrogens is 6. The van der Waals surface area contributed by atoms with Crippen LogP contribution in [-0.4, -0.2) is 29.5 Å². The molecule has 0 saturated heterocycles. The molecule has 0 amide bonds. The van der Waals surface area contributed by atoms with Crippen LogP contribution in [0.5, 0.6) is 0 Å². The fourth-order valence-corrected chi connectivity index (χ4v) is 1.27. The molecule has 0 saturated carbocycles. The fraction of sp³-hybridized carbons (Fsp3) is 0. The van der Waals surface area contributed by atoms with Gasteiger partial charge in [0.1, 0.15) is 6.33 Å². The predicted molar refractivity (Wildman–Crippen MR) is 45.4 cm³/mol. The van der Waals surface area contributed by atoms with Gasteiger partial charge in [0, 0.05) is 12.4 Å². The van der Waals surface area contributed by atoms with E-state index in [0.717, 1.165) is 17.2 Å². The van der Waals surface area contributed by atoms with E-state index in [1.807, 2.05) is 0 Å². The summed E-state index contributed by atoms with van der Waals surface area (Å²) < 4.78 is 1.78. The molecule has 6 heteroatoms. The molecule has 0 atom stereocenters. The van der Waals surface area contributed by atoms with E-state index in [9.17, 15) is 0 Å². The Labute approximate surface area is 72.7 Å². The third-order valence-electron chi connectivity index (χ3n) is 1.84. The Morgan fingerprint density at radius 3 is 3.00 bits per heavy atom. The van der Waals surface area contributed by atoms with Gasteiger partial charge in [0.05, 0.1) is 6.33 Å². The monoisotopic (exact) mass is 174 g/mol. The molecule has 2 N–H and O–H groups in total. The van der Waals surface area contributed by atoms with Gasteiger partial charge in [-0.1, -0.05) is 0 Å². The lowest BCUT2D eigenvalue weighted by Gasteiger charge is -1.93. The SMILES string of the molecule is c1c[nH]c(-n2cnc3[nH]cnc32)n1. The van der Waals surface area contributed by atoms with Gasteiger partial charge in [-0.15, -0.1) is 0 Å². The molecule has 3 rings (SSSR count). The Morgan fingerprint density at radius 1 is 1.15 bits per heavy atom. The Kier molecular flexibility index (Phi) is 1.08. The predicted octanol–water partition coefficient (Wildman–Crippen LogP) is 0.472. The highest BCUT2D eigenvalue weighted by Gasteiger charge is 2.06. The van der Waals surface area contributed by atoms with Gasteiger partial charge in [0.15, 0.2) is 11.3 Å². The summed E-state index contributed by atoms with van der Waals surface area (Å²) in [4.78, 5) is 18.2. The fourth-order valence-electron chi connectivity index (χ4n) is 1.27. The van der Waals surface area contributed by atoms with Gasteiger partial charge in [-0.2, -0.15) is 0 Å². The van der Waals surface area contributed by atoms with Gasteiger partial charge in [0.25, 0.3) is 0 Å². The molecule has 13 heavy (non-hydrogen) atoms. The number of hydrogen-bond donors (Lipinski definition) is 2. The van der Waals surface area contributed by atoms with Crippen LogP contribution >= 0.6 is 0 Å². The second kappa shape index (κ2) is 2.19. The van der Waals surface area contributed by atoms with Crippen molar-refractivity contribution in [2.24, 2.45) is 0 Å². The van der Waals surface area contributed by atoms with Crippen LogP contribution in [0.3, 0.4) is 0 Å². The molecule has 0 spiro atoms. The number of rotatable bonds is 1. The Balaban J connectivity index is 2.33. The lowest BCUT2D eigenvalue weighted by molar-refractivity contribution is 0.971. The molecule has 0 radical (unpaired) electrons. The van der Waals surface area contributed by atoms with E-state index in [-0.39, 0.29) is 0 Å². The van der Waals surface area contributed by atoms with Crippen molar-refractivity contribution in [3.05, 3.63) is 25.0 Å². The number of H-pyrrole nitrogens is 2. The lowest BCUT2D eigenvalue weighted by Crippen LogP contribution is -1.94. The standard InChI is InChI=1S/C7H6N6/c1-2-9-7(8-1)13-4-12-5-6(13)11-3-10-5/h1-4H,(H,8,9)(H,10,11). The van der Waals surface area contributed by atoms with Gasteiger partial charge >= 0.3 is 0 Å². The third kappa shape index (κ3) is 0.792. The first-order valence-corrected chi connectivity index (χ1v) is 3.81. The Morgan fingerprint density at radius 2 is 2.15 bits per heavy atom. The van der Waals surface area contributed by atoms with Crippen LogP contribution in [0.15, 0.2) is 25.0 Å². The lowest BCUT2D eigenvalue weighted by atomic mass is 10.7. The molecule has 3 aromatic rings. The maximum absolute atomic E-state index is 4.12. The van der Waals surface area contributed by atoms with Gasteiger partial charge in [0.2, 0.25) is 5.95 Å². The molecule has 3 aromatic heterocycles. The minimum absolute atomic E-state index is 0.717. The number of hydrogen-bond acceptors (Lipinski definition) is 3. The molecule has 0 aliphatic carbocycles. The van der Waals surface area contributed by atoms with E-state index in [4.69, 9.17) is 0 Å². The summed E-state index contributed by atoms with van der Waals surface area (Å²) in [5.41, 5.74) is 1.53. The molecule has 0 aliphatic rings. The summed E-state index contributed by atoms with van der Waals surface area (Å²) in [6.07, 6.45) is 6.73. The summed E-state index contributed by atoms with van der Waals surface area (Å²) >= 11 is 0. The third-order valence-corrected chi connectivity index (χ3v) is 1.84. The van der Waals surface area contributed by atoms with Crippen molar-refractivity contribution in [3.63, 3.8) is 0 Å². The van der Waals surface area contributed by atoms with Crippen LogP contribution in [0.1, 0.15) is 0 Å². The molecule has 0 aliphatic heterocycles. The topological polar surface area (TPSA) is 75.2 Å². The van der Waals surface area contributed by atoms with Crippen molar-refractivity contribution in [1.82, 2.24) is 29.5 Å². The first kappa shape index (κ1) is 6.41. The number of fused-ring (bicyclic) bond motifs is 1. The van der Waals surface area contributed by atoms with Crippen molar-refractivity contribution >= 4 is 11.3 Å². The normalized spacial score (nSPS) is 11.1. The van der Waals surface area contributed by atoms with Crippen LogP contribution in [0.2, 0.25) is 0 Å². The molecule has 0 bridgehead atoms. The molecule has 0 unspecified atom stereocenters. The highest BCUT2D eigenvalue weighted by molar-refractivity contribution is 5.67. The second-order valence-electron chi connectivity index (χ2n) is 2.60. The van der Waals surface area contributed by atoms with Gasteiger partial charge in [-0.25, -0.2) is 15.0 Å². The molecule has 3 heterocycles. The molecule has 6 nitrogen and oxygen atoms in total. The molecule has 64 valence electrons. The molecular formula is C7H6N6. The van der Waals surface area contributed by atoms with Crippen molar-refractivity contribution in [2.75, 3.05) is 0 Å². The zero-order chi connectivity index (χ0) is 8.67.